The summed E-state index contributed by atoms with van der Waals surface area (Å²) in [4.78, 5) is 23.2. The molecule has 94 valence electrons. The summed E-state index contributed by atoms with van der Waals surface area (Å²) in [5.74, 6) is 0.138. The quantitative estimate of drug-likeness (QED) is 0.686. The van der Waals surface area contributed by atoms with E-state index in [0.29, 0.717) is 6.42 Å². The highest BCUT2D eigenvalue weighted by Crippen LogP contribution is 2.04. The van der Waals surface area contributed by atoms with Gasteiger partial charge >= 0.3 is 0 Å². The summed E-state index contributed by atoms with van der Waals surface area (Å²) in [7, 11) is 1.76. The fraction of sp³-hybridized carbons (Fsp3) is 0.833. The van der Waals surface area contributed by atoms with E-state index in [0.717, 1.165) is 6.42 Å². The van der Waals surface area contributed by atoms with Crippen molar-refractivity contribution in [2.75, 3.05) is 7.05 Å². The normalized spacial score (nSPS) is 14.6. The van der Waals surface area contributed by atoms with Gasteiger partial charge in [0.25, 0.3) is 0 Å². The van der Waals surface area contributed by atoms with Crippen molar-refractivity contribution in [3.05, 3.63) is 0 Å². The zero-order chi connectivity index (χ0) is 12.7. The van der Waals surface area contributed by atoms with Crippen LogP contribution in [-0.4, -0.2) is 30.8 Å². The van der Waals surface area contributed by atoms with E-state index >= 15 is 0 Å². The number of hydrogen-bond acceptors (Lipinski definition) is 3. The highest BCUT2D eigenvalue weighted by molar-refractivity contribution is 5.89. The van der Waals surface area contributed by atoms with Gasteiger partial charge < -0.3 is 10.6 Å². The van der Waals surface area contributed by atoms with E-state index in [1.54, 1.807) is 7.05 Å². The van der Waals surface area contributed by atoms with Crippen molar-refractivity contribution in [2.45, 2.75) is 52.6 Å². The third-order valence-electron chi connectivity index (χ3n) is 2.64. The zero-order valence-electron chi connectivity index (χ0n) is 11.0. The van der Waals surface area contributed by atoms with Gasteiger partial charge in [-0.05, 0) is 26.3 Å². The average molecular weight is 228 g/mol. The smallest absolute Gasteiger partial charge is 0.237 e. The average Bonchev–Trinajstić information content (AvgIpc) is 2.17. The van der Waals surface area contributed by atoms with E-state index in [-0.39, 0.29) is 29.7 Å². The maximum absolute atomic E-state index is 11.9. The minimum absolute atomic E-state index is 0.0220. The first-order valence-corrected chi connectivity index (χ1v) is 5.92. The van der Waals surface area contributed by atoms with Gasteiger partial charge in [0.2, 0.25) is 5.91 Å². The van der Waals surface area contributed by atoms with Crippen molar-refractivity contribution in [1.82, 2.24) is 10.6 Å². The molecule has 0 aliphatic rings. The maximum Gasteiger partial charge on any atom is 0.237 e. The molecule has 2 N–H and O–H groups in total. The van der Waals surface area contributed by atoms with Crippen molar-refractivity contribution < 1.29 is 9.59 Å². The predicted molar refractivity (Wildman–Crippen MR) is 65.2 cm³/mol. The van der Waals surface area contributed by atoms with Gasteiger partial charge in [-0.25, -0.2) is 0 Å². The minimum Gasteiger partial charge on any atom is -0.345 e. The van der Waals surface area contributed by atoms with Gasteiger partial charge in [0.15, 0.2) is 5.78 Å². The monoisotopic (exact) mass is 228 g/mol. The molecule has 0 radical (unpaired) electrons. The molecule has 4 heteroatoms. The molecule has 0 aliphatic carbocycles. The molecule has 0 saturated heterocycles. The second-order valence-corrected chi connectivity index (χ2v) is 4.47. The Balaban J connectivity index is 4.43. The number of carbonyl (C=O) groups excluding carboxylic acids is 2. The second kappa shape index (κ2) is 7.39. The lowest BCUT2D eigenvalue weighted by atomic mass is 10.0. The molecule has 0 spiro atoms. The Morgan fingerprint density at radius 3 is 2.12 bits per heavy atom. The number of hydrogen-bond donors (Lipinski definition) is 2. The molecular formula is C12H24N2O2. The largest absolute Gasteiger partial charge is 0.345 e. The molecule has 0 aromatic heterocycles. The molecule has 0 aromatic carbocycles. The summed E-state index contributed by atoms with van der Waals surface area (Å²) in [5.41, 5.74) is 0. The summed E-state index contributed by atoms with van der Waals surface area (Å²) in [6, 6.07) is -0.578. The lowest BCUT2D eigenvalue weighted by Crippen LogP contribution is -2.50. The van der Waals surface area contributed by atoms with Crippen LogP contribution < -0.4 is 10.6 Å². The summed E-state index contributed by atoms with van der Waals surface area (Å²) >= 11 is 0. The minimum atomic E-state index is -0.341. The molecule has 0 aliphatic heterocycles. The molecule has 0 rings (SSSR count). The molecular weight excluding hydrogens is 204 g/mol. The first kappa shape index (κ1) is 15.1. The summed E-state index contributed by atoms with van der Waals surface area (Å²) in [6.45, 7) is 7.47. The van der Waals surface area contributed by atoms with Gasteiger partial charge in [0.1, 0.15) is 0 Å². The first-order valence-electron chi connectivity index (χ1n) is 5.92. The third-order valence-corrected chi connectivity index (χ3v) is 2.64. The summed E-state index contributed by atoms with van der Waals surface area (Å²) < 4.78 is 0. The van der Waals surface area contributed by atoms with E-state index in [2.05, 4.69) is 10.6 Å². The molecule has 0 bridgehead atoms. The molecule has 0 fully saturated rings. The van der Waals surface area contributed by atoms with Crippen LogP contribution >= 0.6 is 0 Å². The maximum atomic E-state index is 11.9. The van der Waals surface area contributed by atoms with Crippen LogP contribution in [0.3, 0.4) is 0 Å². The highest BCUT2D eigenvalue weighted by atomic mass is 16.2. The van der Waals surface area contributed by atoms with Crippen LogP contribution in [0.5, 0.6) is 0 Å². The predicted octanol–water partition coefficient (Wildman–Crippen LogP) is 1.10. The number of carbonyl (C=O) groups is 2. The lowest BCUT2D eigenvalue weighted by molar-refractivity contribution is -0.129. The van der Waals surface area contributed by atoms with Crippen molar-refractivity contribution >= 4 is 11.7 Å². The van der Waals surface area contributed by atoms with Crippen molar-refractivity contribution in [3.8, 4) is 0 Å². The highest BCUT2D eigenvalue weighted by Gasteiger charge is 2.23. The second-order valence-electron chi connectivity index (χ2n) is 4.47. The van der Waals surface area contributed by atoms with E-state index < -0.39 is 0 Å². The molecule has 4 nitrogen and oxygen atoms in total. The molecule has 16 heavy (non-hydrogen) atoms. The fourth-order valence-electron chi connectivity index (χ4n) is 1.69. The number of amides is 1. The van der Waals surface area contributed by atoms with Gasteiger partial charge in [0.05, 0.1) is 12.1 Å². The third kappa shape index (κ3) is 4.75. The standard InChI is InChI=1S/C12H24N2O2/c1-6-7-10(9(4)15)14-12(16)11(13-5)8(2)3/h8,10-11,13H,6-7H2,1-5H3,(H,14,16)/t10-,11-/m0/s1. The SMILES string of the molecule is CCC[C@H](NC(=O)[C@@H](NC)C(C)C)C(C)=O. The molecule has 0 saturated carbocycles. The van der Waals surface area contributed by atoms with Crippen molar-refractivity contribution in [3.63, 3.8) is 0 Å². The Hall–Kier alpha value is -0.900. The lowest BCUT2D eigenvalue weighted by Gasteiger charge is -2.22. The van der Waals surface area contributed by atoms with Crippen LogP contribution in [0.1, 0.15) is 40.5 Å². The van der Waals surface area contributed by atoms with Crippen LogP contribution in [0.4, 0.5) is 0 Å². The number of rotatable bonds is 7. The van der Waals surface area contributed by atoms with Crippen molar-refractivity contribution in [1.29, 1.82) is 0 Å². The Bertz CT molecular complexity index is 239. The van der Waals surface area contributed by atoms with Crippen LogP contribution in [-0.2, 0) is 9.59 Å². The van der Waals surface area contributed by atoms with E-state index in [1.807, 2.05) is 20.8 Å². The van der Waals surface area contributed by atoms with Crippen LogP contribution in [0.15, 0.2) is 0 Å². The van der Waals surface area contributed by atoms with Crippen LogP contribution in [0, 0.1) is 5.92 Å². The Morgan fingerprint density at radius 1 is 1.25 bits per heavy atom. The zero-order valence-corrected chi connectivity index (χ0v) is 11.0. The van der Waals surface area contributed by atoms with E-state index in [9.17, 15) is 9.59 Å². The molecule has 0 aromatic rings. The van der Waals surface area contributed by atoms with E-state index in [4.69, 9.17) is 0 Å². The summed E-state index contributed by atoms with van der Waals surface area (Å²) in [5, 5.41) is 5.76. The Morgan fingerprint density at radius 2 is 1.81 bits per heavy atom. The summed E-state index contributed by atoms with van der Waals surface area (Å²) in [6.07, 6.45) is 1.59. The molecule has 0 heterocycles. The number of likely N-dealkylation sites (N-methyl/N-ethyl adjacent to an activating group) is 1. The fourth-order valence-corrected chi connectivity index (χ4v) is 1.69. The van der Waals surface area contributed by atoms with E-state index in [1.165, 1.54) is 6.92 Å². The molecule has 2 atom stereocenters. The topological polar surface area (TPSA) is 58.2 Å². The molecule has 0 unspecified atom stereocenters. The number of nitrogens with one attached hydrogen (secondary N) is 2. The van der Waals surface area contributed by atoms with Gasteiger partial charge in [-0.1, -0.05) is 27.2 Å². The van der Waals surface area contributed by atoms with Gasteiger partial charge in [0, 0.05) is 0 Å². The van der Waals surface area contributed by atoms with Gasteiger partial charge in [-0.15, -0.1) is 0 Å². The van der Waals surface area contributed by atoms with Crippen molar-refractivity contribution in [2.24, 2.45) is 5.92 Å². The van der Waals surface area contributed by atoms with Crippen LogP contribution in [0.25, 0.3) is 0 Å². The first-order chi connectivity index (χ1) is 7.43. The number of ketones is 1. The van der Waals surface area contributed by atoms with Gasteiger partial charge in [-0.3, -0.25) is 9.59 Å². The van der Waals surface area contributed by atoms with Crippen LogP contribution in [0.2, 0.25) is 0 Å². The Kier molecular flexibility index (Phi) is 6.97. The molecule has 1 amide bonds. The number of Topliss-reactive ketones (excluding diaryl/α,β-unsaturated/α-hetero) is 1. The van der Waals surface area contributed by atoms with Gasteiger partial charge in [-0.2, -0.15) is 0 Å². The Labute approximate surface area is 98.2 Å².